The van der Waals surface area contributed by atoms with Crippen LogP contribution in [0.25, 0.3) is 0 Å². The van der Waals surface area contributed by atoms with Gasteiger partial charge in [-0.3, -0.25) is 4.79 Å². The van der Waals surface area contributed by atoms with Gasteiger partial charge in [0.05, 0.1) is 0 Å². The predicted octanol–water partition coefficient (Wildman–Crippen LogP) is 3.91. The Labute approximate surface area is 127 Å². The third-order valence-corrected chi connectivity index (χ3v) is 3.16. The van der Waals surface area contributed by atoms with Crippen molar-refractivity contribution in [3.05, 3.63) is 58.7 Å². The fourth-order valence-electron chi connectivity index (χ4n) is 2.30. The first-order valence-electron chi connectivity index (χ1n) is 6.82. The van der Waals surface area contributed by atoms with Crippen molar-refractivity contribution in [3.63, 3.8) is 0 Å². The molecule has 1 N–H and O–H groups in total. The third kappa shape index (κ3) is 3.81. The zero-order chi connectivity index (χ0) is 16.3. The molecule has 0 spiro atoms. The summed E-state index contributed by atoms with van der Waals surface area (Å²) in [7, 11) is 0. The van der Waals surface area contributed by atoms with Gasteiger partial charge in [-0.1, -0.05) is 17.7 Å². The summed E-state index contributed by atoms with van der Waals surface area (Å²) in [4.78, 5) is 11.8. The highest BCUT2D eigenvalue weighted by Gasteiger charge is 2.10. The summed E-state index contributed by atoms with van der Waals surface area (Å²) in [5.74, 6) is -1.75. The van der Waals surface area contributed by atoms with Gasteiger partial charge in [0.1, 0.15) is 5.75 Å². The van der Waals surface area contributed by atoms with E-state index in [1.165, 1.54) is 6.07 Å². The number of aryl methyl sites for hydroxylation is 3. The van der Waals surface area contributed by atoms with E-state index in [0.717, 1.165) is 28.8 Å². The van der Waals surface area contributed by atoms with Gasteiger partial charge >= 0.3 is 0 Å². The largest absolute Gasteiger partial charge is 0.483 e. The van der Waals surface area contributed by atoms with Gasteiger partial charge in [-0.15, -0.1) is 0 Å². The van der Waals surface area contributed by atoms with E-state index in [0.29, 0.717) is 5.75 Å². The van der Waals surface area contributed by atoms with Crippen LogP contribution in [0.15, 0.2) is 30.3 Å². The number of benzene rings is 2. The normalized spacial score (nSPS) is 10.4. The highest BCUT2D eigenvalue weighted by Crippen LogP contribution is 2.24. The molecule has 0 fully saturated rings. The molecule has 0 radical (unpaired) electrons. The molecule has 5 heteroatoms. The smallest absolute Gasteiger partial charge is 0.262 e. The predicted molar refractivity (Wildman–Crippen MR) is 81.1 cm³/mol. The number of hydrogen-bond donors (Lipinski definition) is 1. The van der Waals surface area contributed by atoms with E-state index in [1.807, 2.05) is 32.9 Å². The van der Waals surface area contributed by atoms with Crippen LogP contribution in [0.2, 0.25) is 0 Å². The Morgan fingerprint density at radius 2 is 1.68 bits per heavy atom. The number of carbonyl (C=O) groups is 1. The first-order valence-corrected chi connectivity index (χ1v) is 6.82. The summed E-state index contributed by atoms with van der Waals surface area (Å²) in [6.45, 7) is 5.59. The topological polar surface area (TPSA) is 38.3 Å². The fourth-order valence-corrected chi connectivity index (χ4v) is 2.30. The summed E-state index contributed by atoms with van der Waals surface area (Å²) in [5.41, 5.74) is 3.19. The van der Waals surface area contributed by atoms with Crippen LogP contribution in [0.1, 0.15) is 16.7 Å². The Hall–Kier alpha value is -2.43. The minimum atomic E-state index is -1.01. The summed E-state index contributed by atoms with van der Waals surface area (Å²) < 4.78 is 31.4. The highest BCUT2D eigenvalue weighted by atomic mass is 19.2. The molecule has 0 aromatic heterocycles. The number of rotatable bonds is 4. The molecule has 0 aliphatic carbocycles. The molecule has 1 amide bonds. The Balaban J connectivity index is 2.00. The molecule has 2 aromatic carbocycles. The highest BCUT2D eigenvalue weighted by molar-refractivity contribution is 5.91. The van der Waals surface area contributed by atoms with E-state index in [-0.39, 0.29) is 12.3 Å². The maximum absolute atomic E-state index is 13.1. The zero-order valence-corrected chi connectivity index (χ0v) is 12.7. The van der Waals surface area contributed by atoms with Crippen molar-refractivity contribution >= 4 is 11.6 Å². The lowest BCUT2D eigenvalue weighted by atomic mass is 10.1. The summed E-state index contributed by atoms with van der Waals surface area (Å²) in [5, 5.41) is 2.46. The lowest BCUT2D eigenvalue weighted by Gasteiger charge is -2.13. The number of anilines is 1. The average molecular weight is 305 g/mol. The number of amides is 1. The SMILES string of the molecule is Cc1cc(C)c(OCC(=O)Nc2ccc(F)c(F)c2)c(C)c1. The molecular formula is C17H17F2NO2. The van der Waals surface area contributed by atoms with E-state index < -0.39 is 17.5 Å². The molecule has 0 unspecified atom stereocenters. The number of carbonyl (C=O) groups excluding carboxylic acids is 1. The number of hydrogen-bond acceptors (Lipinski definition) is 2. The monoisotopic (exact) mass is 305 g/mol. The molecule has 0 aliphatic heterocycles. The minimum absolute atomic E-state index is 0.185. The van der Waals surface area contributed by atoms with E-state index in [2.05, 4.69) is 5.32 Å². The van der Waals surface area contributed by atoms with E-state index in [4.69, 9.17) is 4.74 Å². The standard InChI is InChI=1S/C17H17F2NO2/c1-10-6-11(2)17(12(3)7-10)22-9-16(21)20-13-4-5-14(18)15(19)8-13/h4-8H,9H2,1-3H3,(H,20,21). The van der Waals surface area contributed by atoms with Gasteiger partial charge in [-0.25, -0.2) is 8.78 Å². The van der Waals surface area contributed by atoms with Crippen molar-refractivity contribution in [2.24, 2.45) is 0 Å². The second kappa shape index (κ2) is 6.56. The van der Waals surface area contributed by atoms with Crippen molar-refractivity contribution in [1.82, 2.24) is 0 Å². The summed E-state index contributed by atoms with van der Waals surface area (Å²) in [6.07, 6.45) is 0. The Bertz CT molecular complexity index is 691. The Kier molecular flexibility index (Phi) is 4.75. The van der Waals surface area contributed by atoms with Crippen molar-refractivity contribution in [3.8, 4) is 5.75 Å². The Morgan fingerprint density at radius 1 is 1.05 bits per heavy atom. The maximum Gasteiger partial charge on any atom is 0.262 e. The molecule has 2 aromatic rings. The van der Waals surface area contributed by atoms with Crippen LogP contribution in [0.3, 0.4) is 0 Å². The first kappa shape index (κ1) is 15.9. The zero-order valence-electron chi connectivity index (χ0n) is 12.7. The second-order valence-electron chi connectivity index (χ2n) is 5.19. The Morgan fingerprint density at radius 3 is 2.27 bits per heavy atom. The number of ether oxygens (including phenoxy) is 1. The molecule has 2 rings (SSSR count). The lowest BCUT2D eigenvalue weighted by Crippen LogP contribution is -2.20. The maximum atomic E-state index is 13.1. The van der Waals surface area contributed by atoms with Crippen LogP contribution in [-0.2, 0) is 4.79 Å². The third-order valence-electron chi connectivity index (χ3n) is 3.16. The van der Waals surface area contributed by atoms with Crippen LogP contribution in [0.5, 0.6) is 5.75 Å². The fraction of sp³-hybridized carbons (Fsp3) is 0.235. The minimum Gasteiger partial charge on any atom is -0.483 e. The van der Waals surface area contributed by atoms with Gasteiger partial charge < -0.3 is 10.1 Å². The van der Waals surface area contributed by atoms with Gasteiger partial charge in [0.15, 0.2) is 18.2 Å². The van der Waals surface area contributed by atoms with E-state index in [9.17, 15) is 13.6 Å². The first-order chi connectivity index (χ1) is 10.4. The van der Waals surface area contributed by atoms with Gasteiger partial charge in [-0.05, 0) is 44.0 Å². The van der Waals surface area contributed by atoms with Gasteiger partial charge in [0.2, 0.25) is 0 Å². The average Bonchev–Trinajstić information content (AvgIpc) is 2.41. The molecule has 0 bridgehead atoms. The van der Waals surface area contributed by atoms with Crippen LogP contribution in [0.4, 0.5) is 14.5 Å². The van der Waals surface area contributed by atoms with Gasteiger partial charge in [-0.2, -0.15) is 0 Å². The molecule has 0 atom stereocenters. The molecule has 3 nitrogen and oxygen atoms in total. The van der Waals surface area contributed by atoms with Crippen LogP contribution >= 0.6 is 0 Å². The van der Waals surface area contributed by atoms with Crippen molar-refractivity contribution in [1.29, 1.82) is 0 Å². The molecule has 0 saturated carbocycles. The van der Waals surface area contributed by atoms with E-state index >= 15 is 0 Å². The van der Waals surface area contributed by atoms with E-state index in [1.54, 1.807) is 0 Å². The molecule has 0 saturated heterocycles. The van der Waals surface area contributed by atoms with Gasteiger partial charge in [0, 0.05) is 11.8 Å². The molecular weight excluding hydrogens is 288 g/mol. The summed E-state index contributed by atoms with van der Waals surface area (Å²) in [6, 6.07) is 7.11. The molecule has 116 valence electrons. The number of nitrogens with one attached hydrogen (secondary N) is 1. The van der Waals surface area contributed by atoms with Crippen LogP contribution in [0, 0.1) is 32.4 Å². The van der Waals surface area contributed by atoms with Crippen LogP contribution < -0.4 is 10.1 Å². The van der Waals surface area contributed by atoms with Crippen LogP contribution in [-0.4, -0.2) is 12.5 Å². The van der Waals surface area contributed by atoms with Crippen molar-refractivity contribution in [2.75, 3.05) is 11.9 Å². The van der Waals surface area contributed by atoms with Crippen molar-refractivity contribution in [2.45, 2.75) is 20.8 Å². The van der Waals surface area contributed by atoms with Crippen molar-refractivity contribution < 1.29 is 18.3 Å². The summed E-state index contributed by atoms with van der Waals surface area (Å²) >= 11 is 0. The molecule has 0 aliphatic rings. The lowest BCUT2D eigenvalue weighted by molar-refractivity contribution is -0.118. The molecule has 22 heavy (non-hydrogen) atoms. The second-order valence-corrected chi connectivity index (χ2v) is 5.19. The number of halogens is 2. The molecule has 0 heterocycles. The quantitative estimate of drug-likeness (QED) is 0.930. The van der Waals surface area contributed by atoms with Gasteiger partial charge in [0.25, 0.3) is 5.91 Å².